The summed E-state index contributed by atoms with van der Waals surface area (Å²) >= 11 is 0. The molecule has 1 aliphatic heterocycles. The zero-order chi connectivity index (χ0) is 19.5. The van der Waals surface area contributed by atoms with Crippen molar-refractivity contribution in [3.05, 3.63) is 71.5 Å². The van der Waals surface area contributed by atoms with Gasteiger partial charge in [-0.25, -0.2) is 4.79 Å². The topological polar surface area (TPSA) is 83.4 Å². The molecule has 1 aromatic heterocycles. The summed E-state index contributed by atoms with van der Waals surface area (Å²) in [5.74, 6) is -0.494. The minimum absolute atomic E-state index is 0.0111. The second kappa shape index (κ2) is 7.76. The van der Waals surface area contributed by atoms with Crippen LogP contribution in [0.2, 0.25) is 0 Å². The monoisotopic (exact) mass is 375 g/mol. The zero-order valence-corrected chi connectivity index (χ0v) is 15.4. The summed E-state index contributed by atoms with van der Waals surface area (Å²) in [6, 6.07) is 12.6. The van der Waals surface area contributed by atoms with Crippen LogP contribution in [0.25, 0.3) is 11.0 Å². The Kier molecular flexibility index (Phi) is 5.02. The van der Waals surface area contributed by atoms with Crippen molar-refractivity contribution in [1.82, 2.24) is 14.9 Å². The number of hydrogen-bond acceptors (Lipinski definition) is 4. The molecule has 2 aromatic carbocycles. The highest BCUT2D eigenvalue weighted by molar-refractivity contribution is 5.97. The Bertz CT molecular complexity index is 1030. The Morgan fingerprint density at radius 3 is 2.46 bits per heavy atom. The van der Waals surface area contributed by atoms with Crippen molar-refractivity contribution in [3.8, 4) is 0 Å². The number of carboxylic acid groups (broad SMARTS) is 1. The van der Waals surface area contributed by atoms with Gasteiger partial charge in [0.15, 0.2) is 0 Å². The number of carbonyl (C=O) groups is 2. The van der Waals surface area contributed by atoms with Crippen molar-refractivity contribution in [1.29, 1.82) is 0 Å². The molecule has 0 bridgehead atoms. The molecule has 0 atom stereocenters. The van der Waals surface area contributed by atoms with E-state index in [9.17, 15) is 14.7 Å². The van der Waals surface area contributed by atoms with Gasteiger partial charge in [0.25, 0.3) is 5.91 Å². The quantitative estimate of drug-likeness (QED) is 0.755. The van der Waals surface area contributed by atoms with E-state index in [1.54, 1.807) is 36.7 Å². The highest BCUT2D eigenvalue weighted by atomic mass is 16.4. The van der Waals surface area contributed by atoms with E-state index in [1.165, 1.54) is 0 Å². The fourth-order valence-electron chi connectivity index (χ4n) is 3.84. The van der Waals surface area contributed by atoms with Crippen LogP contribution >= 0.6 is 0 Å². The summed E-state index contributed by atoms with van der Waals surface area (Å²) in [5.41, 5.74) is 3.36. The Labute approximate surface area is 162 Å². The molecule has 6 heteroatoms. The minimum Gasteiger partial charge on any atom is -0.478 e. The maximum atomic E-state index is 12.9. The summed E-state index contributed by atoms with van der Waals surface area (Å²) in [5, 5.41) is 9.35. The number of benzene rings is 2. The minimum atomic E-state index is -0.886. The van der Waals surface area contributed by atoms with Crippen LogP contribution in [-0.2, 0) is 6.42 Å². The average molecular weight is 375 g/mol. The first-order valence-corrected chi connectivity index (χ1v) is 9.43. The van der Waals surface area contributed by atoms with Crippen molar-refractivity contribution in [3.63, 3.8) is 0 Å². The van der Waals surface area contributed by atoms with E-state index in [0.29, 0.717) is 35.7 Å². The summed E-state index contributed by atoms with van der Waals surface area (Å²) in [7, 11) is 0. The normalized spacial score (nSPS) is 14.9. The van der Waals surface area contributed by atoms with Gasteiger partial charge in [0.2, 0.25) is 0 Å². The van der Waals surface area contributed by atoms with Crippen LogP contribution in [0.4, 0.5) is 0 Å². The zero-order valence-electron chi connectivity index (χ0n) is 15.4. The van der Waals surface area contributed by atoms with Crippen molar-refractivity contribution >= 4 is 22.9 Å². The van der Waals surface area contributed by atoms with E-state index in [0.717, 1.165) is 30.3 Å². The molecule has 4 rings (SSSR count). The average Bonchev–Trinajstić information content (AvgIpc) is 2.73. The van der Waals surface area contributed by atoms with E-state index >= 15 is 0 Å². The van der Waals surface area contributed by atoms with Gasteiger partial charge in [-0.2, -0.15) is 0 Å². The third kappa shape index (κ3) is 3.71. The van der Waals surface area contributed by atoms with Gasteiger partial charge in [0.05, 0.1) is 16.6 Å². The molecular formula is C22H21N3O3. The third-order valence-electron chi connectivity index (χ3n) is 5.37. The first-order valence-electron chi connectivity index (χ1n) is 9.43. The number of carbonyl (C=O) groups excluding carboxylic acids is 1. The van der Waals surface area contributed by atoms with Gasteiger partial charge in [-0.3, -0.25) is 14.8 Å². The number of nitrogens with zero attached hydrogens (tertiary/aromatic N) is 3. The Morgan fingerprint density at radius 1 is 1.00 bits per heavy atom. The lowest BCUT2D eigenvalue weighted by Gasteiger charge is -2.32. The van der Waals surface area contributed by atoms with Crippen molar-refractivity contribution < 1.29 is 14.7 Å². The predicted molar refractivity (Wildman–Crippen MR) is 105 cm³/mol. The molecule has 2 heterocycles. The van der Waals surface area contributed by atoms with Gasteiger partial charge >= 0.3 is 5.97 Å². The lowest BCUT2D eigenvalue weighted by atomic mass is 9.88. The van der Waals surface area contributed by atoms with Gasteiger partial charge in [-0.15, -0.1) is 0 Å². The van der Waals surface area contributed by atoms with Crippen LogP contribution in [0.3, 0.4) is 0 Å². The van der Waals surface area contributed by atoms with Gasteiger partial charge in [0, 0.05) is 31.0 Å². The predicted octanol–water partition coefficient (Wildman–Crippen LogP) is 3.42. The van der Waals surface area contributed by atoms with Crippen LogP contribution < -0.4 is 0 Å². The molecule has 0 radical (unpaired) electrons. The fraction of sp³-hybridized carbons (Fsp3) is 0.273. The molecule has 1 N–H and O–H groups in total. The van der Waals surface area contributed by atoms with Crippen LogP contribution in [-0.4, -0.2) is 44.9 Å². The smallest absolute Gasteiger partial charge is 0.335 e. The number of aromatic carboxylic acids is 1. The Hall–Kier alpha value is -3.28. The molecular weight excluding hydrogens is 354 g/mol. The number of likely N-dealkylation sites (tertiary alicyclic amines) is 1. The number of aromatic nitrogens is 2. The Morgan fingerprint density at radius 2 is 1.71 bits per heavy atom. The second-order valence-electron chi connectivity index (χ2n) is 7.16. The molecule has 1 amide bonds. The van der Waals surface area contributed by atoms with Gasteiger partial charge in [0.1, 0.15) is 0 Å². The lowest BCUT2D eigenvalue weighted by Crippen LogP contribution is -2.39. The molecule has 6 nitrogen and oxygen atoms in total. The SMILES string of the molecule is O=C(O)c1ccccc1CC1CCN(C(=O)c2ccc3nccnc3c2)CC1. The fourth-order valence-corrected chi connectivity index (χ4v) is 3.84. The molecule has 0 aliphatic carbocycles. The van der Waals surface area contributed by atoms with E-state index in [2.05, 4.69) is 9.97 Å². The number of fused-ring (bicyclic) bond motifs is 1. The maximum absolute atomic E-state index is 12.9. The van der Waals surface area contributed by atoms with E-state index in [4.69, 9.17) is 0 Å². The standard InChI is InChI=1S/C22H21N3O3/c26-21(17-5-6-19-20(14-17)24-10-9-23-19)25-11-7-15(8-12-25)13-16-3-1-2-4-18(16)22(27)28/h1-6,9-10,14-15H,7-8,11-13H2,(H,27,28). The van der Waals surface area contributed by atoms with Gasteiger partial charge < -0.3 is 10.0 Å². The Balaban J connectivity index is 1.41. The van der Waals surface area contributed by atoms with Crippen molar-refractivity contribution in [2.75, 3.05) is 13.1 Å². The summed E-state index contributed by atoms with van der Waals surface area (Å²) in [6.45, 7) is 1.36. The molecule has 0 spiro atoms. The molecule has 142 valence electrons. The first-order chi connectivity index (χ1) is 13.6. The van der Waals surface area contributed by atoms with E-state index < -0.39 is 5.97 Å². The molecule has 28 heavy (non-hydrogen) atoms. The van der Waals surface area contributed by atoms with Gasteiger partial charge in [-0.1, -0.05) is 18.2 Å². The molecule has 1 saturated heterocycles. The van der Waals surface area contributed by atoms with Gasteiger partial charge in [-0.05, 0) is 55.0 Å². The van der Waals surface area contributed by atoms with E-state index in [-0.39, 0.29) is 5.91 Å². The number of hydrogen-bond donors (Lipinski definition) is 1. The lowest BCUT2D eigenvalue weighted by molar-refractivity contribution is 0.0690. The summed E-state index contributed by atoms with van der Waals surface area (Å²) in [4.78, 5) is 34.6. The van der Waals surface area contributed by atoms with Crippen LogP contribution in [0.5, 0.6) is 0 Å². The number of piperidine rings is 1. The van der Waals surface area contributed by atoms with Crippen molar-refractivity contribution in [2.24, 2.45) is 5.92 Å². The first kappa shape index (κ1) is 18.1. The molecule has 1 aliphatic rings. The number of amides is 1. The maximum Gasteiger partial charge on any atom is 0.335 e. The highest BCUT2D eigenvalue weighted by Crippen LogP contribution is 2.25. The second-order valence-corrected chi connectivity index (χ2v) is 7.16. The highest BCUT2D eigenvalue weighted by Gasteiger charge is 2.25. The van der Waals surface area contributed by atoms with Crippen LogP contribution in [0.1, 0.15) is 39.1 Å². The molecule has 1 fully saturated rings. The summed E-state index contributed by atoms with van der Waals surface area (Å²) < 4.78 is 0. The third-order valence-corrected chi connectivity index (χ3v) is 5.37. The molecule has 3 aromatic rings. The van der Waals surface area contributed by atoms with E-state index in [1.807, 2.05) is 23.1 Å². The summed E-state index contributed by atoms with van der Waals surface area (Å²) in [6.07, 6.45) is 5.73. The molecule has 0 saturated carbocycles. The number of rotatable bonds is 4. The van der Waals surface area contributed by atoms with Crippen molar-refractivity contribution in [2.45, 2.75) is 19.3 Å². The number of carboxylic acids is 1. The van der Waals surface area contributed by atoms with Crippen LogP contribution in [0, 0.1) is 5.92 Å². The van der Waals surface area contributed by atoms with Crippen LogP contribution in [0.15, 0.2) is 54.9 Å². The largest absolute Gasteiger partial charge is 0.478 e. The molecule has 0 unspecified atom stereocenters.